The summed E-state index contributed by atoms with van der Waals surface area (Å²) in [6, 6.07) is 18.2. The Morgan fingerprint density at radius 3 is 2.41 bits per heavy atom. The van der Waals surface area contributed by atoms with Gasteiger partial charge < -0.3 is 9.88 Å². The van der Waals surface area contributed by atoms with Gasteiger partial charge in [-0.25, -0.2) is 9.18 Å². The molecule has 1 amide bonds. The molecular weight excluding hydrogens is 495 g/mol. The number of imidazole rings is 1. The number of piperidine rings is 1. The van der Waals surface area contributed by atoms with Gasteiger partial charge in [0.15, 0.2) is 0 Å². The predicted molar refractivity (Wildman–Crippen MR) is 140 cm³/mol. The van der Waals surface area contributed by atoms with E-state index in [1.165, 1.54) is 29.0 Å². The van der Waals surface area contributed by atoms with Crippen LogP contribution in [-0.4, -0.2) is 43.9 Å². The molecule has 0 aliphatic carbocycles. The maximum Gasteiger partial charge on any atom is 0.326 e. The fraction of sp³-hybridized carbons (Fsp3) is 0.179. The average Bonchev–Trinajstić information content (AvgIpc) is 3.45. The molecular formula is C28H22ClFN4O3. The molecule has 186 valence electrons. The first-order valence-electron chi connectivity index (χ1n) is 12.0. The van der Waals surface area contributed by atoms with Crippen LogP contribution in [0, 0.1) is 5.82 Å². The Bertz CT molecular complexity index is 1740. The standard InChI is InChI=1S/C28H22ClFN4O3/c29-17-9-10-19-21(16-33(25(19)15-17)27(36)20-5-1-2-6-22(20)30)26(35)32-13-11-18(12-14-32)34-24-8-4-3-7-23(24)31-28(34)37/h1-10,15-16,18H,11-14H2,(H,31,37). The molecule has 1 N–H and O–H groups in total. The maximum absolute atomic E-state index is 14.4. The molecule has 7 nitrogen and oxygen atoms in total. The van der Waals surface area contributed by atoms with Crippen LogP contribution in [-0.2, 0) is 0 Å². The number of H-pyrrole nitrogens is 1. The first-order chi connectivity index (χ1) is 17.9. The molecule has 1 saturated heterocycles. The van der Waals surface area contributed by atoms with E-state index in [9.17, 15) is 18.8 Å². The molecule has 0 radical (unpaired) electrons. The number of rotatable bonds is 3. The lowest BCUT2D eigenvalue weighted by Crippen LogP contribution is -2.40. The first-order valence-corrected chi connectivity index (χ1v) is 12.4. The van der Waals surface area contributed by atoms with Gasteiger partial charge in [-0.15, -0.1) is 0 Å². The molecule has 3 aromatic carbocycles. The van der Waals surface area contributed by atoms with E-state index in [-0.39, 0.29) is 23.2 Å². The Labute approximate surface area is 215 Å². The molecule has 1 aliphatic rings. The summed E-state index contributed by atoms with van der Waals surface area (Å²) in [6.07, 6.45) is 2.70. The maximum atomic E-state index is 14.4. The lowest BCUT2D eigenvalue weighted by atomic mass is 10.0. The lowest BCUT2D eigenvalue weighted by Gasteiger charge is -2.32. The summed E-state index contributed by atoms with van der Waals surface area (Å²) in [7, 11) is 0. The highest BCUT2D eigenvalue weighted by Gasteiger charge is 2.29. The summed E-state index contributed by atoms with van der Waals surface area (Å²) < 4.78 is 17.4. The van der Waals surface area contributed by atoms with Gasteiger partial charge in [0.05, 0.1) is 27.7 Å². The van der Waals surface area contributed by atoms with Crippen molar-refractivity contribution in [2.24, 2.45) is 0 Å². The average molecular weight is 517 g/mol. The highest BCUT2D eigenvalue weighted by atomic mass is 35.5. The van der Waals surface area contributed by atoms with Gasteiger partial charge in [-0.05, 0) is 49.2 Å². The van der Waals surface area contributed by atoms with E-state index in [0.29, 0.717) is 47.4 Å². The van der Waals surface area contributed by atoms with Crippen molar-refractivity contribution in [3.8, 4) is 0 Å². The summed E-state index contributed by atoms with van der Waals surface area (Å²) in [6.45, 7) is 0.911. The van der Waals surface area contributed by atoms with E-state index in [1.54, 1.807) is 33.7 Å². The number of halogens is 2. The quantitative estimate of drug-likeness (QED) is 0.356. The minimum Gasteiger partial charge on any atom is -0.338 e. The van der Waals surface area contributed by atoms with Gasteiger partial charge in [-0.1, -0.05) is 41.9 Å². The third-order valence-corrected chi connectivity index (χ3v) is 7.30. The molecule has 1 aliphatic heterocycles. The minimum atomic E-state index is -0.640. The Hall–Kier alpha value is -4.17. The third kappa shape index (κ3) is 3.94. The number of amides is 1. The highest BCUT2D eigenvalue weighted by Crippen LogP contribution is 2.30. The molecule has 9 heteroatoms. The van der Waals surface area contributed by atoms with E-state index >= 15 is 0 Å². The van der Waals surface area contributed by atoms with Crippen molar-refractivity contribution in [2.75, 3.05) is 13.1 Å². The number of benzene rings is 3. The van der Waals surface area contributed by atoms with Crippen LogP contribution >= 0.6 is 11.6 Å². The summed E-state index contributed by atoms with van der Waals surface area (Å²) in [5, 5.41) is 0.964. The van der Waals surface area contributed by atoms with Crippen molar-refractivity contribution in [1.29, 1.82) is 0 Å². The molecule has 37 heavy (non-hydrogen) atoms. The van der Waals surface area contributed by atoms with Gasteiger partial charge in [-0.2, -0.15) is 0 Å². The minimum absolute atomic E-state index is 0.0320. The number of para-hydroxylation sites is 2. The van der Waals surface area contributed by atoms with Crippen LogP contribution in [0.5, 0.6) is 0 Å². The van der Waals surface area contributed by atoms with Gasteiger partial charge in [0.2, 0.25) is 0 Å². The Balaban J connectivity index is 1.30. The number of hydrogen-bond acceptors (Lipinski definition) is 3. The lowest BCUT2D eigenvalue weighted by molar-refractivity contribution is 0.0697. The van der Waals surface area contributed by atoms with Crippen LogP contribution < -0.4 is 5.69 Å². The molecule has 0 saturated carbocycles. The van der Waals surface area contributed by atoms with Crippen LogP contribution in [0.1, 0.15) is 39.6 Å². The van der Waals surface area contributed by atoms with Crippen molar-refractivity contribution >= 4 is 45.4 Å². The summed E-state index contributed by atoms with van der Waals surface area (Å²) >= 11 is 6.20. The van der Waals surface area contributed by atoms with Gasteiger partial charge in [0.1, 0.15) is 5.82 Å². The van der Waals surface area contributed by atoms with E-state index in [4.69, 9.17) is 11.6 Å². The number of aromatic nitrogens is 3. The normalized spacial score (nSPS) is 14.5. The zero-order valence-electron chi connectivity index (χ0n) is 19.7. The molecule has 6 rings (SSSR count). The molecule has 0 spiro atoms. The van der Waals surface area contributed by atoms with Crippen molar-refractivity contribution in [2.45, 2.75) is 18.9 Å². The van der Waals surface area contributed by atoms with E-state index in [1.807, 2.05) is 24.3 Å². The molecule has 3 heterocycles. The van der Waals surface area contributed by atoms with E-state index < -0.39 is 11.7 Å². The number of nitrogens with zero attached hydrogens (tertiary/aromatic N) is 3. The first kappa shape index (κ1) is 23.2. The van der Waals surface area contributed by atoms with Crippen molar-refractivity contribution < 1.29 is 14.0 Å². The summed E-state index contributed by atoms with van der Waals surface area (Å²) in [4.78, 5) is 44.1. The molecule has 0 atom stereocenters. The smallest absolute Gasteiger partial charge is 0.326 e. The largest absolute Gasteiger partial charge is 0.338 e. The van der Waals surface area contributed by atoms with Crippen LogP contribution in [0.3, 0.4) is 0 Å². The number of nitrogens with one attached hydrogen (secondary N) is 1. The van der Waals surface area contributed by atoms with Crippen molar-refractivity contribution in [3.05, 3.63) is 105 Å². The summed E-state index contributed by atoms with van der Waals surface area (Å²) in [5.41, 5.74) is 2.17. The van der Waals surface area contributed by atoms with Crippen molar-refractivity contribution in [3.63, 3.8) is 0 Å². The third-order valence-electron chi connectivity index (χ3n) is 7.06. The zero-order chi connectivity index (χ0) is 25.7. The van der Waals surface area contributed by atoms with Crippen LogP contribution in [0.15, 0.2) is 77.7 Å². The number of fused-ring (bicyclic) bond motifs is 2. The second-order valence-electron chi connectivity index (χ2n) is 9.20. The number of carbonyl (C=O) groups excluding carboxylic acids is 2. The Morgan fingerprint density at radius 2 is 1.62 bits per heavy atom. The van der Waals surface area contributed by atoms with Gasteiger partial charge in [-0.3, -0.25) is 18.7 Å². The highest BCUT2D eigenvalue weighted by molar-refractivity contribution is 6.31. The molecule has 1 fully saturated rings. The van der Waals surface area contributed by atoms with E-state index in [2.05, 4.69) is 4.98 Å². The predicted octanol–water partition coefficient (Wildman–Crippen LogP) is 5.24. The molecule has 2 aromatic heterocycles. The zero-order valence-corrected chi connectivity index (χ0v) is 20.4. The Kier molecular flexibility index (Phi) is 5.68. The fourth-order valence-corrected chi connectivity index (χ4v) is 5.40. The topological polar surface area (TPSA) is 80.1 Å². The van der Waals surface area contributed by atoms with Gasteiger partial charge in [0.25, 0.3) is 11.8 Å². The molecule has 0 unspecified atom stereocenters. The Morgan fingerprint density at radius 1 is 0.892 bits per heavy atom. The second kappa shape index (κ2) is 9.05. The van der Waals surface area contributed by atoms with Crippen molar-refractivity contribution in [1.82, 2.24) is 19.0 Å². The summed E-state index contributed by atoms with van der Waals surface area (Å²) in [5.74, 6) is -1.45. The monoisotopic (exact) mass is 516 g/mol. The SMILES string of the molecule is O=C(c1cn(C(=O)c2ccccc2F)c2cc(Cl)ccc12)N1CCC(n2c(=O)[nH]c3ccccc32)CC1. The van der Waals surface area contributed by atoms with E-state index in [0.717, 1.165) is 11.0 Å². The van der Waals surface area contributed by atoms with Gasteiger partial charge in [0, 0.05) is 35.7 Å². The van der Waals surface area contributed by atoms with Crippen LogP contribution in [0.2, 0.25) is 5.02 Å². The number of hydrogen-bond donors (Lipinski definition) is 1. The molecule has 0 bridgehead atoms. The number of carbonyl (C=O) groups is 2. The number of aromatic amines is 1. The van der Waals surface area contributed by atoms with Crippen LogP contribution in [0.4, 0.5) is 4.39 Å². The number of likely N-dealkylation sites (tertiary alicyclic amines) is 1. The van der Waals surface area contributed by atoms with Gasteiger partial charge >= 0.3 is 5.69 Å². The second-order valence-corrected chi connectivity index (χ2v) is 9.64. The molecule has 5 aromatic rings. The van der Waals surface area contributed by atoms with Crippen LogP contribution in [0.25, 0.3) is 21.9 Å². The fourth-order valence-electron chi connectivity index (χ4n) is 5.24.